The summed E-state index contributed by atoms with van der Waals surface area (Å²) in [6.45, 7) is 0. The van der Waals surface area contributed by atoms with Crippen molar-refractivity contribution in [2.75, 3.05) is 19.5 Å². The smallest absolute Gasteiger partial charge is 0.315 e. The number of nitrogens with one attached hydrogen (secondary N) is 2. The number of nitrogens with zero attached hydrogens (tertiary/aromatic N) is 2. The number of hydrazone groups is 1. The minimum absolute atomic E-state index is 0.0282. The second kappa shape index (κ2) is 8.62. The lowest BCUT2D eigenvalue weighted by atomic mass is 10.2. The fraction of sp³-hybridized carbons (Fsp3) is 0.125. The summed E-state index contributed by atoms with van der Waals surface area (Å²) >= 11 is 5.11. The Kier molecular flexibility index (Phi) is 6.28. The van der Waals surface area contributed by atoms with Gasteiger partial charge in [0.25, 0.3) is 0 Å². The fourth-order valence-electron chi connectivity index (χ4n) is 1.98. The maximum Gasteiger partial charge on any atom is 0.315 e. The van der Waals surface area contributed by atoms with Crippen molar-refractivity contribution in [3.05, 3.63) is 52.1 Å². The van der Waals surface area contributed by atoms with E-state index in [4.69, 9.17) is 21.7 Å². The van der Waals surface area contributed by atoms with E-state index in [9.17, 15) is 15.2 Å². The van der Waals surface area contributed by atoms with Crippen LogP contribution in [0.3, 0.4) is 0 Å². The maximum absolute atomic E-state index is 11.0. The van der Waals surface area contributed by atoms with Crippen molar-refractivity contribution in [2.45, 2.75) is 0 Å². The lowest BCUT2D eigenvalue weighted by molar-refractivity contribution is -0.386. The molecule has 0 aliphatic heterocycles. The molecule has 26 heavy (non-hydrogen) atoms. The molecule has 136 valence electrons. The molecule has 0 aromatic heterocycles. The molecule has 0 heterocycles. The van der Waals surface area contributed by atoms with E-state index < -0.39 is 16.4 Å². The molecule has 0 aliphatic carbocycles. The van der Waals surface area contributed by atoms with Gasteiger partial charge in [-0.05, 0) is 42.5 Å². The minimum Gasteiger partial charge on any atom is -0.500 e. The molecule has 0 bridgehead atoms. The van der Waals surface area contributed by atoms with Crippen LogP contribution < -0.4 is 20.2 Å². The zero-order chi connectivity index (χ0) is 19.1. The molecule has 2 rings (SSSR count). The molecule has 0 aliphatic rings. The van der Waals surface area contributed by atoms with Crippen molar-refractivity contribution in [2.24, 2.45) is 5.10 Å². The predicted molar refractivity (Wildman–Crippen MR) is 101 cm³/mol. The Hall–Kier alpha value is -3.40. The first-order valence-corrected chi connectivity index (χ1v) is 7.65. The first kappa shape index (κ1) is 18.9. The Morgan fingerprint density at radius 2 is 1.96 bits per heavy atom. The number of anilines is 1. The van der Waals surface area contributed by atoms with Crippen LogP contribution in [0, 0.1) is 10.1 Å². The van der Waals surface area contributed by atoms with Crippen LogP contribution in [-0.4, -0.2) is 35.6 Å². The van der Waals surface area contributed by atoms with E-state index in [-0.39, 0.29) is 10.9 Å². The van der Waals surface area contributed by atoms with E-state index in [2.05, 4.69) is 15.8 Å². The highest BCUT2D eigenvalue weighted by Gasteiger charge is 2.19. The summed E-state index contributed by atoms with van der Waals surface area (Å²) in [7, 11) is 2.87. The van der Waals surface area contributed by atoms with Crippen molar-refractivity contribution >= 4 is 34.9 Å². The van der Waals surface area contributed by atoms with E-state index in [0.29, 0.717) is 5.56 Å². The molecule has 0 amide bonds. The fourth-order valence-corrected chi connectivity index (χ4v) is 2.15. The van der Waals surface area contributed by atoms with Gasteiger partial charge in [-0.2, -0.15) is 5.10 Å². The molecule has 0 fully saturated rings. The minimum atomic E-state index is -0.710. The number of methoxy groups -OCH3 is 2. The molecule has 3 N–H and O–H groups in total. The molecule has 0 unspecified atom stereocenters. The summed E-state index contributed by atoms with van der Waals surface area (Å²) < 4.78 is 9.98. The third-order valence-corrected chi connectivity index (χ3v) is 3.41. The van der Waals surface area contributed by atoms with E-state index in [1.165, 1.54) is 25.5 Å². The van der Waals surface area contributed by atoms with Crippen LogP contribution in [0.4, 0.5) is 11.4 Å². The van der Waals surface area contributed by atoms with Crippen LogP contribution >= 0.6 is 12.2 Å². The van der Waals surface area contributed by atoms with Gasteiger partial charge in [0.05, 0.1) is 25.4 Å². The summed E-state index contributed by atoms with van der Waals surface area (Å²) in [6.07, 6.45) is 1.32. The first-order chi connectivity index (χ1) is 12.4. The molecule has 0 spiro atoms. The van der Waals surface area contributed by atoms with Gasteiger partial charge < -0.3 is 19.9 Å². The lowest BCUT2D eigenvalue weighted by Crippen LogP contribution is -2.23. The quantitative estimate of drug-likeness (QED) is 0.305. The largest absolute Gasteiger partial charge is 0.500 e. The van der Waals surface area contributed by atoms with Gasteiger partial charge >= 0.3 is 5.69 Å². The monoisotopic (exact) mass is 376 g/mol. The zero-order valence-corrected chi connectivity index (χ0v) is 14.7. The molecule has 9 nitrogen and oxygen atoms in total. The highest BCUT2D eigenvalue weighted by molar-refractivity contribution is 7.80. The number of phenolic OH excluding ortho intramolecular Hbond substituents is 1. The van der Waals surface area contributed by atoms with Crippen LogP contribution in [0.25, 0.3) is 0 Å². The van der Waals surface area contributed by atoms with Crippen LogP contribution in [0.1, 0.15) is 5.56 Å². The van der Waals surface area contributed by atoms with E-state index in [1.54, 1.807) is 31.4 Å². The molecule has 0 atom stereocenters. The van der Waals surface area contributed by atoms with E-state index in [1.807, 2.05) is 0 Å². The summed E-state index contributed by atoms with van der Waals surface area (Å²) in [5.74, 6) is 0.147. The number of nitro groups is 1. The number of rotatable bonds is 6. The summed E-state index contributed by atoms with van der Waals surface area (Å²) in [6, 6.07) is 9.69. The van der Waals surface area contributed by atoms with Gasteiger partial charge in [0.2, 0.25) is 5.75 Å². The van der Waals surface area contributed by atoms with Crippen LogP contribution in [0.2, 0.25) is 0 Å². The summed E-state index contributed by atoms with van der Waals surface area (Å²) in [5.41, 5.74) is 3.20. The number of benzene rings is 2. The molecule has 2 aromatic carbocycles. The average Bonchev–Trinajstić information content (AvgIpc) is 2.63. The number of aromatic hydroxyl groups is 1. The Morgan fingerprint density at radius 1 is 1.27 bits per heavy atom. The molecule has 0 radical (unpaired) electrons. The number of hydrogen-bond acceptors (Lipinski definition) is 7. The Morgan fingerprint density at radius 3 is 2.54 bits per heavy atom. The number of thiocarbonyl (C=S) groups is 1. The topological polar surface area (TPSA) is 118 Å². The SMILES string of the molecule is COc1ccc(NC(=S)N/N=C\c2cc(OC)c(O)c([N+](=O)[O-])c2)cc1. The van der Waals surface area contributed by atoms with Crippen LogP contribution in [0.5, 0.6) is 17.2 Å². The Labute approximate surface area is 154 Å². The van der Waals surface area contributed by atoms with Gasteiger partial charge in [-0.15, -0.1) is 0 Å². The van der Waals surface area contributed by atoms with E-state index >= 15 is 0 Å². The van der Waals surface area contributed by atoms with Gasteiger partial charge in [-0.25, -0.2) is 0 Å². The van der Waals surface area contributed by atoms with Gasteiger partial charge in [0.1, 0.15) is 5.75 Å². The maximum atomic E-state index is 11.0. The first-order valence-electron chi connectivity index (χ1n) is 7.24. The second-order valence-corrected chi connectivity index (χ2v) is 5.31. The third-order valence-electron chi connectivity index (χ3n) is 3.22. The molecular formula is C16H16N4O5S. The number of nitro benzene ring substituents is 1. The van der Waals surface area contributed by atoms with Gasteiger partial charge in [0.15, 0.2) is 10.9 Å². The highest BCUT2D eigenvalue weighted by Crippen LogP contribution is 2.36. The van der Waals surface area contributed by atoms with Crippen molar-refractivity contribution < 1.29 is 19.5 Å². The predicted octanol–water partition coefficient (Wildman–Crippen LogP) is 2.64. The Balaban J connectivity index is 2.03. The van der Waals surface area contributed by atoms with Crippen molar-refractivity contribution in [3.63, 3.8) is 0 Å². The van der Waals surface area contributed by atoms with Crippen LogP contribution in [0.15, 0.2) is 41.5 Å². The second-order valence-electron chi connectivity index (χ2n) is 4.90. The number of ether oxygens (including phenoxy) is 2. The van der Waals surface area contributed by atoms with Gasteiger partial charge in [-0.3, -0.25) is 15.5 Å². The summed E-state index contributed by atoms with van der Waals surface area (Å²) in [4.78, 5) is 10.3. The molecular weight excluding hydrogens is 360 g/mol. The van der Waals surface area contributed by atoms with Crippen molar-refractivity contribution in [1.29, 1.82) is 0 Å². The standard InChI is InChI=1S/C16H16N4O5S/c1-24-12-5-3-11(4-6-12)18-16(26)19-17-9-10-7-13(20(22)23)15(21)14(8-10)25-2/h3-9,21H,1-2H3,(H2,18,19,26)/b17-9-. The number of hydrogen-bond donors (Lipinski definition) is 3. The number of phenols is 1. The molecule has 2 aromatic rings. The van der Waals surface area contributed by atoms with Gasteiger partial charge in [-0.1, -0.05) is 0 Å². The highest BCUT2D eigenvalue weighted by atomic mass is 32.1. The third kappa shape index (κ3) is 4.80. The van der Waals surface area contributed by atoms with Crippen LogP contribution in [-0.2, 0) is 0 Å². The lowest BCUT2D eigenvalue weighted by Gasteiger charge is -2.08. The Bertz CT molecular complexity index is 839. The van der Waals surface area contributed by atoms with Crippen molar-refractivity contribution in [1.82, 2.24) is 5.43 Å². The summed E-state index contributed by atoms with van der Waals surface area (Å²) in [5, 5.41) is 27.8. The molecule has 0 saturated carbocycles. The van der Waals surface area contributed by atoms with Crippen molar-refractivity contribution in [3.8, 4) is 17.2 Å². The van der Waals surface area contributed by atoms with Gasteiger partial charge in [0, 0.05) is 17.3 Å². The average molecular weight is 376 g/mol. The molecule has 0 saturated heterocycles. The normalized spacial score (nSPS) is 10.4. The van der Waals surface area contributed by atoms with E-state index in [0.717, 1.165) is 11.4 Å². The zero-order valence-electron chi connectivity index (χ0n) is 13.9. The molecule has 10 heteroatoms.